The number of aromatic nitrogens is 2. The van der Waals surface area contributed by atoms with Crippen LogP contribution in [0.15, 0.2) is 11.4 Å². The Kier molecular flexibility index (Phi) is 4.95. The summed E-state index contributed by atoms with van der Waals surface area (Å²) >= 11 is 1.67. The lowest BCUT2D eigenvalue weighted by molar-refractivity contribution is -0.384. The number of aryl methyl sites for hydroxylation is 3. The van der Waals surface area contributed by atoms with E-state index in [9.17, 15) is 10.1 Å². The maximum Gasteiger partial charge on any atom is 0.334 e. The minimum Gasteiger partial charge on any atom is -0.360 e. The van der Waals surface area contributed by atoms with Crippen LogP contribution in [-0.4, -0.2) is 14.7 Å². The first-order chi connectivity index (χ1) is 10.1. The summed E-state index contributed by atoms with van der Waals surface area (Å²) in [5.74, 6) is 0.485. The zero-order valence-corrected chi connectivity index (χ0v) is 13.4. The number of hydrogen-bond donors (Lipinski definition) is 1. The fourth-order valence-electron chi connectivity index (χ4n) is 2.36. The Bertz CT molecular complexity index is 633. The van der Waals surface area contributed by atoms with Gasteiger partial charge in [0.2, 0.25) is 5.82 Å². The Morgan fingerprint density at radius 3 is 2.86 bits per heavy atom. The van der Waals surface area contributed by atoms with Crippen LogP contribution in [0.3, 0.4) is 0 Å². The third-order valence-electron chi connectivity index (χ3n) is 3.40. The molecular weight excluding hydrogens is 288 g/mol. The van der Waals surface area contributed by atoms with Crippen LogP contribution in [0.2, 0.25) is 0 Å². The number of thiophene rings is 1. The van der Waals surface area contributed by atoms with E-state index in [4.69, 9.17) is 0 Å². The highest BCUT2D eigenvalue weighted by Gasteiger charge is 2.26. The molecule has 7 heteroatoms. The molecule has 0 aliphatic heterocycles. The van der Waals surface area contributed by atoms with E-state index in [1.807, 2.05) is 6.92 Å². The molecule has 6 nitrogen and oxygen atoms in total. The van der Waals surface area contributed by atoms with Crippen molar-refractivity contribution in [2.24, 2.45) is 7.05 Å². The molecule has 0 spiro atoms. The van der Waals surface area contributed by atoms with Gasteiger partial charge < -0.3 is 5.32 Å². The number of rotatable bonds is 7. The van der Waals surface area contributed by atoms with Gasteiger partial charge in [0.1, 0.15) is 5.69 Å². The number of nitrogens with one attached hydrogen (secondary N) is 1. The van der Waals surface area contributed by atoms with Crippen LogP contribution in [0.25, 0.3) is 0 Å². The average molecular weight is 308 g/mol. The summed E-state index contributed by atoms with van der Waals surface area (Å²) in [6.07, 6.45) is 2.42. The maximum atomic E-state index is 11.3. The van der Waals surface area contributed by atoms with Crippen molar-refractivity contribution in [2.45, 2.75) is 39.7 Å². The van der Waals surface area contributed by atoms with Crippen molar-refractivity contribution in [3.05, 3.63) is 37.7 Å². The normalized spacial score (nSPS) is 10.8. The van der Waals surface area contributed by atoms with E-state index in [-0.39, 0.29) is 10.6 Å². The molecule has 0 bridgehead atoms. The van der Waals surface area contributed by atoms with Crippen molar-refractivity contribution in [2.75, 3.05) is 5.32 Å². The summed E-state index contributed by atoms with van der Waals surface area (Å²) in [7, 11) is 1.74. The lowest BCUT2D eigenvalue weighted by Crippen LogP contribution is -2.06. The molecule has 2 aromatic rings. The molecule has 0 saturated heterocycles. The molecule has 114 valence electrons. The lowest BCUT2D eigenvalue weighted by atomic mass is 10.2. The quantitative estimate of drug-likeness (QED) is 0.627. The smallest absolute Gasteiger partial charge is 0.334 e. The number of hydrogen-bond acceptors (Lipinski definition) is 5. The molecule has 0 saturated carbocycles. The molecule has 21 heavy (non-hydrogen) atoms. The largest absolute Gasteiger partial charge is 0.360 e. The summed E-state index contributed by atoms with van der Waals surface area (Å²) in [5, 5.41) is 20.8. The molecule has 0 amide bonds. The summed E-state index contributed by atoms with van der Waals surface area (Å²) in [4.78, 5) is 12.2. The highest BCUT2D eigenvalue weighted by Crippen LogP contribution is 2.30. The van der Waals surface area contributed by atoms with Gasteiger partial charge >= 0.3 is 5.69 Å². The van der Waals surface area contributed by atoms with Crippen LogP contribution >= 0.6 is 11.3 Å². The van der Waals surface area contributed by atoms with E-state index < -0.39 is 0 Å². The first kappa shape index (κ1) is 15.5. The van der Waals surface area contributed by atoms with Crippen molar-refractivity contribution < 1.29 is 4.92 Å². The van der Waals surface area contributed by atoms with Crippen molar-refractivity contribution in [3.63, 3.8) is 0 Å². The molecule has 1 N–H and O–H groups in total. The van der Waals surface area contributed by atoms with Crippen molar-refractivity contribution >= 4 is 22.8 Å². The van der Waals surface area contributed by atoms with Gasteiger partial charge in [0.25, 0.3) is 0 Å². The molecule has 0 aliphatic carbocycles. The predicted molar refractivity (Wildman–Crippen MR) is 84.9 cm³/mol. The Balaban J connectivity index is 2.25. The van der Waals surface area contributed by atoms with Gasteiger partial charge in [0.05, 0.1) is 11.5 Å². The van der Waals surface area contributed by atoms with Gasteiger partial charge in [-0.3, -0.25) is 10.1 Å². The van der Waals surface area contributed by atoms with Gasteiger partial charge in [0, 0.05) is 11.9 Å². The molecule has 0 unspecified atom stereocenters. The third kappa shape index (κ3) is 3.24. The number of nitro groups is 1. The van der Waals surface area contributed by atoms with E-state index in [1.165, 1.54) is 10.4 Å². The lowest BCUT2D eigenvalue weighted by Gasteiger charge is -2.06. The average Bonchev–Trinajstić information content (AvgIpc) is 3.00. The van der Waals surface area contributed by atoms with Gasteiger partial charge in [-0.05, 0) is 29.9 Å². The second-order valence-corrected chi connectivity index (χ2v) is 5.85. The maximum absolute atomic E-state index is 11.3. The van der Waals surface area contributed by atoms with Crippen LogP contribution in [0.5, 0.6) is 0 Å². The highest BCUT2D eigenvalue weighted by atomic mass is 32.1. The number of nitrogens with zero attached hydrogens (tertiary/aromatic N) is 3. The molecule has 2 aromatic heterocycles. The van der Waals surface area contributed by atoms with Crippen LogP contribution in [-0.2, 0) is 26.4 Å². The van der Waals surface area contributed by atoms with Crippen LogP contribution in [0.1, 0.15) is 36.4 Å². The van der Waals surface area contributed by atoms with Crippen LogP contribution in [0.4, 0.5) is 11.5 Å². The standard InChI is InChI=1S/C14H20N4O2S/c1-4-6-11-13(18(19)20)14(17(3)16-11)15-9-12-10(5-2)7-8-21-12/h7-8,15H,4-6,9H2,1-3H3. The number of anilines is 1. The Morgan fingerprint density at radius 2 is 2.24 bits per heavy atom. The fourth-order valence-corrected chi connectivity index (χ4v) is 3.28. The van der Waals surface area contributed by atoms with Gasteiger partial charge in [-0.1, -0.05) is 20.3 Å². The Morgan fingerprint density at radius 1 is 1.48 bits per heavy atom. The molecule has 0 aromatic carbocycles. The molecular formula is C14H20N4O2S. The summed E-state index contributed by atoms with van der Waals surface area (Å²) in [6, 6.07) is 2.10. The van der Waals surface area contributed by atoms with E-state index in [0.29, 0.717) is 24.5 Å². The fraction of sp³-hybridized carbons (Fsp3) is 0.500. The zero-order chi connectivity index (χ0) is 15.4. The second-order valence-electron chi connectivity index (χ2n) is 4.85. The minimum absolute atomic E-state index is 0.106. The van der Waals surface area contributed by atoms with E-state index in [2.05, 4.69) is 28.8 Å². The molecule has 0 fully saturated rings. The minimum atomic E-state index is -0.338. The van der Waals surface area contributed by atoms with Crippen LogP contribution in [0, 0.1) is 10.1 Å². The van der Waals surface area contributed by atoms with Gasteiger partial charge in [-0.25, -0.2) is 4.68 Å². The van der Waals surface area contributed by atoms with E-state index in [1.54, 1.807) is 23.1 Å². The van der Waals surface area contributed by atoms with Crippen molar-refractivity contribution in [1.29, 1.82) is 0 Å². The molecule has 2 heterocycles. The van der Waals surface area contributed by atoms with E-state index >= 15 is 0 Å². The first-order valence-electron chi connectivity index (χ1n) is 7.07. The Hall–Kier alpha value is -1.89. The van der Waals surface area contributed by atoms with Crippen LogP contribution < -0.4 is 5.32 Å². The SMILES string of the molecule is CCCc1nn(C)c(NCc2sccc2CC)c1[N+](=O)[O-]. The summed E-state index contributed by atoms with van der Waals surface area (Å²) < 4.78 is 1.57. The molecule has 0 aliphatic rings. The molecule has 0 radical (unpaired) electrons. The van der Waals surface area contributed by atoms with Gasteiger partial charge in [0.15, 0.2) is 0 Å². The summed E-state index contributed by atoms with van der Waals surface area (Å²) in [5.41, 5.74) is 1.94. The predicted octanol–water partition coefficient (Wildman–Crippen LogP) is 3.52. The van der Waals surface area contributed by atoms with Gasteiger partial charge in [-0.15, -0.1) is 11.3 Å². The molecule has 0 atom stereocenters. The Labute approximate surface area is 127 Å². The summed E-state index contributed by atoms with van der Waals surface area (Å²) in [6.45, 7) is 4.69. The second kappa shape index (κ2) is 6.71. The first-order valence-corrected chi connectivity index (χ1v) is 7.95. The monoisotopic (exact) mass is 308 g/mol. The zero-order valence-electron chi connectivity index (χ0n) is 12.5. The highest BCUT2D eigenvalue weighted by molar-refractivity contribution is 7.10. The molecule has 2 rings (SSSR count). The third-order valence-corrected chi connectivity index (χ3v) is 4.36. The van der Waals surface area contributed by atoms with E-state index in [0.717, 1.165) is 12.8 Å². The topological polar surface area (TPSA) is 73.0 Å². The van der Waals surface area contributed by atoms with Crippen molar-refractivity contribution in [1.82, 2.24) is 9.78 Å². The van der Waals surface area contributed by atoms with Crippen molar-refractivity contribution in [3.8, 4) is 0 Å². The van der Waals surface area contributed by atoms with Gasteiger partial charge in [-0.2, -0.15) is 5.10 Å².